The molecule has 0 spiro atoms. The molecule has 106 valence electrons. The highest BCUT2D eigenvalue weighted by Gasteiger charge is 2.11. The lowest BCUT2D eigenvalue weighted by Crippen LogP contribution is -2.05. The predicted octanol–water partition coefficient (Wildman–Crippen LogP) is 2.74. The minimum atomic E-state index is 0.590. The zero-order valence-electron chi connectivity index (χ0n) is 12.0. The molecule has 0 radical (unpaired) electrons. The maximum Gasteiger partial charge on any atom is 0.153 e. The van der Waals surface area contributed by atoms with Crippen LogP contribution in [-0.4, -0.2) is 21.3 Å². The molecule has 0 aliphatic carbocycles. The second-order valence-corrected chi connectivity index (χ2v) is 5.03. The number of nitrogens with zero attached hydrogens (tertiary/aromatic N) is 3. The number of hydrogen-bond acceptors (Lipinski definition) is 3. The van der Waals surface area contributed by atoms with Crippen LogP contribution in [0.25, 0.3) is 17.1 Å². The van der Waals surface area contributed by atoms with E-state index in [-0.39, 0.29) is 0 Å². The van der Waals surface area contributed by atoms with Crippen LogP contribution in [-0.2, 0) is 6.42 Å². The molecule has 0 amide bonds. The summed E-state index contributed by atoms with van der Waals surface area (Å²) in [5, 5.41) is 4.64. The third-order valence-electron chi connectivity index (χ3n) is 3.37. The van der Waals surface area contributed by atoms with Gasteiger partial charge in [0.2, 0.25) is 0 Å². The molecule has 0 saturated heterocycles. The summed E-state index contributed by atoms with van der Waals surface area (Å²) < 4.78 is 1.88. The van der Waals surface area contributed by atoms with Crippen molar-refractivity contribution in [3.63, 3.8) is 0 Å². The summed E-state index contributed by atoms with van der Waals surface area (Å²) in [4.78, 5) is 4.40. The van der Waals surface area contributed by atoms with Crippen molar-refractivity contribution in [2.45, 2.75) is 13.3 Å². The summed E-state index contributed by atoms with van der Waals surface area (Å²) in [6, 6.07) is 16.3. The second-order valence-electron chi connectivity index (χ2n) is 5.03. The highest BCUT2D eigenvalue weighted by atomic mass is 15.3. The zero-order chi connectivity index (χ0) is 14.7. The van der Waals surface area contributed by atoms with Crippen molar-refractivity contribution in [1.29, 1.82) is 0 Å². The fourth-order valence-corrected chi connectivity index (χ4v) is 2.28. The van der Waals surface area contributed by atoms with E-state index in [2.05, 4.69) is 47.3 Å². The van der Waals surface area contributed by atoms with Crippen LogP contribution >= 0.6 is 0 Å². The van der Waals surface area contributed by atoms with E-state index in [0.717, 1.165) is 29.2 Å². The Morgan fingerprint density at radius 2 is 1.90 bits per heavy atom. The maximum atomic E-state index is 5.65. The lowest BCUT2D eigenvalue weighted by atomic mass is 10.1. The van der Waals surface area contributed by atoms with Gasteiger partial charge in [0, 0.05) is 18.2 Å². The Balaban J connectivity index is 2.11. The minimum Gasteiger partial charge on any atom is -0.330 e. The summed E-state index contributed by atoms with van der Waals surface area (Å²) in [5.41, 5.74) is 10.0. The van der Waals surface area contributed by atoms with Crippen LogP contribution in [0.5, 0.6) is 0 Å². The smallest absolute Gasteiger partial charge is 0.153 e. The summed E-state index contributed by atoms with van der Waals surface area (Å²) in [7, 11) is 0. The quantitative estimate of drug-likeness (QED) is 0.798. The van der Waals surface area contributed by atoms with E-state index >= 15 is 0 Å². The van der Waals surface area contributed by atoms with E-state index in [9.17, 15) is 0 Å². The van der Waals surface area contributed by atoms with Crippen LogP contribution in [0.2, 0.25) is 0 Å². The van der Waals surface area contributed by atoms with Gasteiger partial charge >= 0.3 is 0 Å². The number of nitrogens with two attached hydrogens (primary N) is 1. The van der Waals surface area contributed by atoms with Crippen LogP contribution < -0.4 is 5.73 Å². The number of pyridine rings is 1. The highest BCUT2D eigenvalue weighted by Crippen LogP contribution is 2.23. The van der Waals surface area contributed by atoms with Crippen LogP contribution in [0.1, 0.15) is 11.3 Å². The molecule has 0 unspecified atom stereocenters. The fraction of sp³-hybridized carbons (Fsp3) is 0.176. The number of hydrogen-bond donors (Lipinski definition) is 1. The van der Waals surface area contributed by atoms with Crippen molar-refractivity contribution in [2.75, 3.05) is 6.54 Å². The lowest BCUT2D eigenvalue weighted by molar-refractivity contribution is 0.806. The molecule has 2 N–H and O–H groups in total. The normalized spacial score (nSPS) is 10.8. The van der Waals surface area contributed by atoms with Gasteiger partial charge in [-0.2, -0.15) is 5.10 Å². The lowest BCUT2D eigenvalue weighted by Gasteiger charge is -2.06. The minimum absolute atomic E-state index is 0.590. The third kappa shape index (κ3) is 2.85. The first kappa shape index (κ1) is 13.5. The largest absolute Gasteiger partial charge is 0.330 e. The highest BCUT2D eigenvalue weighted by molar-refractivity contribution is 5.62. The Morgan fingerprint density at radius 3 is 2.57 bits per heavy atom. The van der Waals surface area contributed by atoms with E-state index in [1.807, 2.05) is 22.9 Å². The van der Waals surface area contributed by atoms with Gasteiger partial charge < -0.3 is 5.73 Å². The van der Waals surface area contributed by atoms with E-state index < -0.39 is 0 Å². The van der Waals surface area contributed by atoms with Crippen molar-refractivity contribution in [2.24, 2.45) is 5.73 Å². The topological polar surface area (TPSA) is 56.7 Å². The van der Waals surface area contributed by atoms with Gasteiger partial charge in [-0.15, -0.1) is 0 Å². The number of rotatable bonds is 4. The van der Waals surface area contributed by atoms with Gasteiger partial charge in [-0.3, -0.25) is 0 Å². The van der Waals surface area contributed by atoms with Gasteiger partial charge in [-0.05, 0) is 31.7 Å². The molecule has 0 aliphatic heterocycles. The summed E-state index contributed by atoms with van der Waals surface area (Å²) in [6.45, 7) is 2.67. The average molecular weight is 278 g/mol. The van der Waals surface area contributed by atoms with Gasteiger partial charge in [0.25, 0.3) is 0 Å². The Labute approximate surface area is 124 Å². The summed E-state index contributed by atoms with van der Waals surface area (Å²) in [6.07, 6.45) is 2.54. The number of benzene rings is 1. The average Bonchev–Trinajstić information content (AvgIpc) is 2.93. The third-order valence-corrected chi connectivity index (χ3v) is 3.37. The summed E-state index contributed by atoms with van der Waals surface area (Å²) in [5.74, 6) is 0.816. The van der Waals surface area contributed by atoms with Crippen molar-refractivity contribution in [3.05, 3.63) is 66.0 Å². The molecule has 0 fully saturated rings. The molecule has 2 aromatic heterocycles. The van der Waals surface area contributed by atoms with Crippen LogP contribution in [0.15, 0.2) is 54.7 Å². The first-order valence-electron chi connectivity index (χ1n) is 7.05. The molecular weight excluding hydrogens is 260 g/mol. The van der Waals surface area contributed by atoms with Crippen LogP contribution in [0, 0.1) is 6.92 Å². The van der Waals surface area contributed by atoms with Crippen molar-refractivity contribution >= 4 is 0 Å². The van der Waals surface area contributed by atoms with Gasteiger partial charge in [0.05, 0.1) is 11.4 Å². The molecule has 0 aliphatic rings. The van der Waals surface area contributed by atoms with E-state index in [4.69, 9.17) is 5.73 Å². The summed E-state index contributed by atoms with van der Waals surface area (Å²) >= 11 is 0. The molecule has 4 heteroatoms. The van der Waals surface area contributed by atoms with Gasteiger partial charge in [0.15, 0.2) is 5.82 Å². The second kappa shape index (κ2) is 5.89. The zero-order valence-corrected chi connectivity index (χ0v) is 12.0. The van der Waals surface area contributed by atoms with Gasteiger partial charge in [0.1, 0.15) is 0 Å². The molecule has 4 nitrogen and oxygen atoms in total. The Morgan fingerprint density at radius 1 is 1.10 bits per heavy atom. The van der Waals surface area contributed by atoms with Crippen molar-refractivity contribution in [3.8, 4) is 17.1 Å². The molecule has 21 heavy (non-hydrogen) atoms. The first-order valence-corrected chi connectivity index (χ1v) is 7.05. The molecule has 0 saturated carbocycles. The maximum absolute atomic E-state index is 5.65. The Bertz CT molecular complexity index is 714. The standard InChI is InChI=1S/C17H18N4/c1-13-5-7-14(8-6-13)16-12-15(9-10-18)20-21(16)17-4-2-3-11-19-17/h2-8,11-12H,9-10,18H2,1H3. The van der Waals surface area contributed by atoms with E-state index in [0.29, 0.717) is 6.54 Å². The SMILES string of the molecule is Cc1ccc(-c2cc(CCN)nn2-c2ccccn2)cc1. The number of aryl methyl sites for hydroxylation is 1. The molecule has 3 rings (SSSR count). The van der Waals surface area contributed by atoms with Crippen molar-refractivity contribution in [1.82, 2.24) is 14.8 Å². The van der Waals surface area contributed by atoms with Crippen LogP contribution in [0.3, 0.4) is 0 Å². The molecule has 2 heterocycles. The molecule has 0 atom stereocenters. The Hall–Kier alpha value is -2.46. The fourth-order valence-electron chi connectivity index (χ4n) is 2.28. The molecular formula is C17H18N4. The van der Waals surface area contributed by atoms with E-state index in [1.54, 1.807) is 6.20 Å². The monoisotopic (exact) mass is 278 g/mol. The Kier molecular flexibility index (Phi) is 3.79. The number of aromatic nitrogens is 3. The van der Waals surface area contributed by atoms with Crippen molar-refractivity contribution < 1.29 is 0 Å². The molecule has 1 aromatic carbocycles. The predicted molar refractivity (Wildman–Crippen MR) is 84.3 cm³/mol. The van der Waals surface area contributed by atoms with Crippen LogP contribution in [0.4, 0.5) is 0 Å². The van der Waals surface area contributed by atoms with Gasteiger partial charge in [-0.1, -0.05) is 35.9 Å². The molecule has 3 aromatic rings. The molecule has 0 bridgehead atoms. The first-order chi connectivity index (χ1) is 10.3. The van der Waals surface area contributed by atoms with Gasteiger partial charge in [-0.25, -0.2) is 9.67 Å². The van der Waals surface area contributed by atoms with E-state index in [1.165, 1.54) is 5.56 Å².